The van der Waals surface area contributed by atoms with Crippen LogP contribution in [0.1, 0.15) is 16.7 Å². The Kier molecular flexibility index (Phi) is 10.9. The summed E-state index contributed by atoms with van der Waals surface area (Å²) < 4.78 is 26.3. The second-order valence-corrected chi connectivity index (χ2v) is 12.1. The van der Waals surface area contributed by atoms with Crippen molar-refractivity contribution < 1.29 is 18.9 Å². The molecule has 0 bridgehead atoms. The maximum atomic E-state index is 6.75. The molecule has 4 nitrogen and oxygen atoms in total. The molecule has 4 aromatic carbocycles. The van der Waals surface area contributed by atoms with Gasteiger partial charge in [-0.2, -0.15) is 0 Å². The van der Waals surface area contributed by atoms with E-state index in [9.17, 15) is 0 Å². The molecule has 1 saturated heterocycles. The van der Waals surface area contributed by atoms with Crippen molar-refractivity contribution in [3.63, 3.8) is 0 Å². The molecule has 0 amide bonds. The molecule has 1 unspecified atom stereocenters. The summed E-state index contributed by atoms with van der Waals surface area (Å²) in [4.78, 5) is 1.17. The van der Waals surface area contributed by atoms with Gasteiger partial charge in [-0.15, -0.1) is 0 Å². The molecule has 4 aromatic rings. The van der Waals surface area contributed by atoms with Crippen LogP contribution in [-0.2, 0) is 38.8 Å². The first-order valence-electron chi connectivity index (χ1n) is 13.2. The zero-order valence-electron chi connectivity index (χ0n) is 21.7. The number of alkyl halides is 1. The molecule has 1 heterocycles. The monoisotopic (exact) mass is 652 g/mol. The lowest BCUT2D eigenvalue weighted by Gasteiger charge is -2.44. The smallest absolute Gasteiger partial charge is 0.122 e. The third-order valence-electron chi connectivity index (χ3n) is 6.53. The lowest BCUT2D eigenvalue weighted by atomic mass is 10.0. The van der Waals surface area contributed by atoms with Crippen molar-refractivity contribution in [2.24, 2.45) is 0 Å². The molecule has 0 aliphatic carbocycles. The highest BCUT2D eigenvalue weighted by Gasteiger charge is 2.47. The highest BCUT2D eigenvalue weighted by atomic mass is 127. The standard InChI is InChI=1S/C33H33IO4S/c34-30-32(37-23-27-17-9-3-10-18-27)31(36-22-26-15-7-2-8-16-26)29(24-35-21-25-13-5-1-6-14-25)38-33(30)39-28-19-11-4-12-20-28/h1-20,29-33H,21-24H2/t29-,30-,31+,32+,33?/m1/s1. The van der Waals surface area contributed by atoms with Crippen molar-refractivity contribution >= 4 is 34.4 Å². The van der Waals surface area contributed by atoms with Gasteiger partial charge in [0.15, 0.2) is 0 Å². The molecular formula is C33H33IO4S. The Hall–Kier alpha value is -2.20. The van der Waals surface area contributed by atoms with Crippen LogP contribution in [0.25, 0.3) is 0 Å². The summed E-state index contributed by atoms with van der Waals surface area (Å²) in [6, 6.07) is 41.2. The van der Waals surface area contributed by atoms with Gasteiger partial charge in [-0.25, -0.2) is 0 Å². The summed E-state index contributed by atoms with van der Waals surface area (Å²) in [7, 11) is 0. The molecule has 1 aliphatic heterocycles. The molecule has 0 radical (unpaired) electrons. The largest absolute Gasteiger partial charge is 0.374 e. The van der Waals surface area contributed by atoms with Crippen molar-refractivity contribution in [2.75, 3.05) is 6.61 Å². The lowest BCUT2D eigenvalue weighted by Crippen LogP contribution is -2.57. The normalized spacial score (nSPS) is 22.9. The van der Waals surface area contributed by atoms with Crippen LogP contribution in [0.2, 0.25) is 0 Å². The molecule has 0 aromatic heterocycles. The molecule has 0 N–H and O–H groups in total. The highest BCUT2D eigenvalue weighted by molar-refractivity contribution is 14.1. The molecule has 6 heteroatoms. The fourth-order valence-electron chi connectivity index (χ4n) is 4.52. The summed E-state index contributed by atoms with van der Waals surface area (Å²) >= 11 is 4.21. The van der Waals surface area contributed by atoms with E-state index in [1.165, 1.54) is 4.90 Å². The van der Waals surface area contributed by atoms with Crippen LogP contribution in [0, 0.1) is 0 Å². The van der Waals surface area contributed by atoms with E-state index in [1.807, 2.05) is 60.7 Å². The Morgan fingerprint density at radius 3 is 1.59 bits per heavy atom. The number of hydrogen-bond acceptors (Lipinski definition) is 5. The number of ether oxygens (including phenoxy) is 4. The molecule has 5 rings (SSSR count). The van der Waals surface area contributed by atoms with E-state index < -0.39 is 0 Å². The molecule has 202 valence electrons. The Bertz CT molecular complexity index is 1230. The molecule has 0 saturated carbocycles. The van der Waals surface area contributed by atoms with Crippen LogP contribution in [0.15, 0.2) is 126 Å². The molecule has 0 spiro atoms. The van der Waals surface area contributed by atoms with E-state index in [-0.39, 0.29) is 27.7 Å². The van der Waals surface area contributed by atoms with Crippen LogP contribution in [0.3, 0.4) is 0 Å². The predicted octanol–water partition coefficient (Wildman–Crippen LogP) is 7.69. The van der Waals surface area contributed by atoms with E-state index in [1.54, 1.807) is 11.8 Å². The van der Waals surface area contributed by atoms with Crippen LogP contribution in [0.4, 0.5) is 0 Å². The average molecular weight is 653 g/mol. The van der Waals surface area contributed by atoms with E-state index in [2.05, 4.69) is 83.3 Å². The van der Waals surface area contributed by atoms with Crippen LogP contribution >= 0.6 is 34.4 Å². The van der Waals surface area contributed by atoms with Gasteiger partial charge in [0.1, 0.15) is 23.7 Å². The molecule has 5 atom stereocenters. The van der Waals surface area contributed by atoms with Crippen LogP contribution in [-0.4, -0.2) is 34.3 Å². The van der Waals surface area contributed by atoms with E-state index in [4.69, 9.17) is 18.9 Å². The van der Waals surface area contributed by atoms with Gasteiger partial charge in [0.25, 0.3) is 0 Å². The number of hydrogen-bond donors (Lipinski definition) is 0. The fraction of sp³-hybridized carbons (Fsp3) is 0.273. The summed E-state index contributed by atoms with van der Waals surface area (Å²) in [5.41, 5.74) is 3.28. The maximum Gasteiger partial charge on any atom is 0.122 e. The van der Waals surface area contributed by atoms with Gasteiger partial charge in [0.2, 0.25) is 0 Å². The summed E-state index contributed by atoms with van der Waals surface area (Å²) in [5, 5.41) is 0. The minimum Gasteiger partial charge on any atom is -0.374 e. The molecule has 1 fully saturated rings. The van der Waals surface area contributed by atoms with Gasteiger partial charge in [-0.1, -0.05) is 144 Å². The third kappa shape index (κ3) is 8.39. The Balaban J connectivity index is 1.37. The van der Waals surface area contributed by atoms with E-state index >= 15 is 0 Å². The van der Waals surface area contributed by atoms with Crippen LogP contribution in [0.5, 0.6) is 0 Å². The van der Waals surface area contributed by atoms with Gasteiger partial charge >= 0.3 is 0 Å². The zero-order chi connectivity index (χ0) is 26.7. The molecule has 1 aliphatic rings. The molecular weight excluding hydrogens is 619 g/mol. The van der Waals surface area contributed by atoms with E-state index in [0.29, 0.717) is 26.4 Å². The van der Waals surface area contributed by atoms with Gasteiger partial charge in [-0.05, 0) is 28.8 Å². The minimum atomic E-state index is -0.292. The predicted molar refractivity (Wildman–Crippen MR) is 165 cm³/mol. The second-order valence-electron chi connectivity index (χ2n) is 9.44. The van der Waals surface area contributed by atoms with Crippen molar-refractivity contribution in [2.45, 2.75) is 52.4 Å². The van der Waals surface area contributed by atoms with Crippen molar-refractivity contribution in [1.29, 1.82) is 0 Å². The van der Waals surface area contributed by atoms with Gasteiger partial charge in [0.05, 0.1) is 30.4 Å². The van der Waals surface area contributed by atoms with Crippen molar-refractivity contribution in [3.8, 4) is 0 Å². The summed E-state index contributed by atoms with van der Waals surface area (Å²) in [6.45, 7) is 1.92. The first-order valence-corrected chi connectivity index (χ1v) is 15.3. The quantitative estimate of drug-likeness (QED) is 0.116. The topological polar surface area (TPSA) is 36.9 Å². The SMILES string of the molecule is I[C@H]1C(Sc2ccccc2)O[C@H](COCc2ccccc2)[C@H](OCc2ccccc2)[C@H]1OCc1ccccc1. The number of halogens is 1. The molecule has 39 heavy (non-hydrogen) atoms. The van der Waals surface area contributed by atoms with Gasteiger partial charge in [-0.3, -0.25) is 0 Å². The van der Waals surface area contributed by atoms with Crippen molar-refractivity contribution in [1.82, 2.24) is 0 Å². The Labute approximate surface area is 249 Å². The second kappa shape index (κ2) is 15.0. The first kappa shape index (κ1) is 28.3. The zero-order valence-corrected chi connectivity index (χ0v) is 24.7. The lowest BCUT2D eigenvalue weighted by molar-refractivity contribution is -0.199. The Morgan fingerprint density at radius 1 is 0.590 bits per heavy atom. The van der Waals surface area contributed by atoms with Crippen LogP contribution < -0.4 is 0 Å². The van der Waals surface area contributed by atoms with Gasteiger partial charge in [0, 0.05) is 4.90 Å². The number of benzene rings is 4. The first-order chi connectivity index (χ1) is 19.3. The number of rotatable bonds is 12. The maximum absolute atomic E-state index is 6.75. The van der Waals surface area contributed by atoms with Crippen molar-refractivity contribution in [3.05, 3.63) is 138 Å². The number of thioether (sulfide) groups is 1. The third-order valence-corrected chi connectivity index (χ3v) is 9.56. The minimum absolute atomic E-state index is 0.0580. The summed E-state index contributed by atoms with van der Waals surface area (Å²) in [5.74, 6) is 0. The van der Waals surface area contributed by atoms with E-state index in [0.717, 1.165) is 16.7 Å². The fourth-order valence-corrected chi connectivity index (χ4v) is 6.81. The van der Waals surface area contributed by atoms with Gasteiger partial charge < -0.3 is 18.9 Å². The summed E-state index contributed by atoms with van der Waals surface area (Å²) in [6.07, 6.45) is -0.764. The highest BCUT2D eigenvalue weighted by Crippen LogP contribution is 2.40. The average Bonchev–Trinajstić information content (AvgIpc) is 2.99. The Morgan fingerprint density at radius 2 is 1.05 bits per heavy atom.